The second-order valence-electron chi connectivity index (χ2n) is 5.06. The Morgan fingerprint density at radius 3 is 2.22 bits per heavy atom. The molecule has 0 atom stereocenters. The molecule has 0 radical (unpaired) electrons. The van der Waals surface area contributed by atoms with Crippen molar-refractivity contribution in [1.29, 1.82) is 0 Å². The Balaban J connectivity index is 2.15. The molecular formula is C17H17F3O3. The topological polar surface area (TPSA) is 27.7 Å². The lowest BCUT2D eigenvalue weighted by atomic mass is 10.1. The lowest BCUT2D eigenvalue weighted by Crippen LogP contribution is -2.17. The van der Waals surface area contributed by atoms with Crippen LogP contribution >= 0.6 is 0 Å². The summed E-state index contributed by atoms with van der Waals surface area (Å²) in [6.07, 6.45) is -4.71. The second kappa shape index (κ2) is 6.81. The third kappa shape index (κ3) is 4.81. The van der Waals surface area contributed by atoms with E-state index in [1.807, 2.05) is 19.1 Å². The van der Waals surface area contributed by atoms with Crippen LogP contribution in [0.3, 0.4) is 0 Å². The van der Waals surface area contributed by atoms with Gasteiger partial charge in [0, 0.05) is 6.07 Å². The van der Waals surface area contributed by atoms with Gasteiger partial charge in [-0.15, -0.1) is 13.2 Å². The maximum absolute atomic E-state index is 12.3. The van der Waals surface area contributed by atoms with E-state index < -0.39 is 6.36 Å². The molecule has 0 saturated carbocycles. The molecule has 3 nitrogen and oxygen atoms in total. The summed E-state index contributed by atoms with van der Waals surface area (Å²) in [7, 11) is 1.55. The molecule has 23 heavy (non-hydrogen) atoms. The minimum Gasteiger partial charge on any atom is -0.497 e. The summed E-state index contributed by atoms with van der Waals surface area (Å²) in [4.78, 5) is 0. The smallest absolute Gasteiger partial charge is 0.497 e. The van der Waals surface area contributed by atoms with Gasteiger partial charge in [0.15, 0.2) is 0 Å². The fourth-order valence-electron chi connectivity index (χ4n) is 2.02. The van der Waals surface area contributed by atoms with E-state index in [1.54, 1.807) is 26.2 Å². The van der Waals surface area contributed by atoms with Gasteiger partial charge in [-0.2, -0.15) is 0 Å². The first kappa shape index (κ1) is 17.0. The molecule has 0 N–H and O–H groups in total. The zero-order valence-electron chi connectivity index (χ0n) is 13.0. The number of rotatable bonds is 5. The fraction of sp³-hybridized carbons (Fsp3) is 0.294. The first-order valence-electron chi connectivity index (χ1n) is 6.91. The molecule has 0 aliphatic heterocycles. The van der Waals surface area contributed by atoms with Gasteiger partial charge in [0.1, 0.15) is 23.9 Å². The van der Waals surface area contributed by atoms with E-state index in [-0.39, 0.29) is 12.4 Å². The average molecular weight is 326 g/mol. The van der Waals surface area contributed by atoms with E-state index in [0.717, 1.165) is 11.1 Å². The summed E-state index contributed by atoms with van der Waals surface area (Å²) in [5.41, 5.74) is 2.35. The summed E-state index contributed by atoms with van der Waals surface area (Å²) in [6, 6.07) is 9.58. The van der Waals surface area contributed by atoms with Gasteiger partial charge in [0.25, 0.3) is 0 Å². The lowest BCUT2D eigenvalue weighted by Gasteiger charge is -2.14. The Morgan fingerprint density at radius 2 is 1.57 bits per heavy atom. The van der Waals surface area contributed by atoms with Crippen molar-refractivity contribution in [2.75, 3.05) is 7.11 Å². The molecular weight excluding hydrogens is 309 g/mol. The standard InChI is InChI=1S/C17H17F3O3/c1-11-4-7-15(23-17(18,19)20)8-13(11)10-22-16-9-14(21-3)6-5-12(16)2/h4-9H,10H2,1-3H3. The molecule has 2 aromatic carbocycles. The Hall–Kier alpha value is -2.37. The third-order valence-corrected chi connectivity index (χ3v) is 3.33. The van der Waals surface area contributed by atoms with Crippen molar-refractivity contribution in [3.8, 4) is 17.2 Å². The molecule has 6 heteroatoms. The SMILES string of the molecule is COc1ccc(C)c(OCc2cc(OC(F)(F)F)ccc2C)c1. The summed E-state index contributed by atoms with van der Waals surface area (Å²) in [5.74, 6) is 1.01. The number of ether oxygens (including phenoxy) is 3. The van der Waals surface area contributed by atoms with Crippen molar-refractivity contribution in [3.63, 3.8) is 0 Å². The Morgan fingerprint density at radius 1 is 0.913 bits per heavy atom. The largest absolute Gasteiger partial charge is 0.573 e. The number of hydrogen-bond acceptors (Lipinski definition) is 3. The van der Waals surface area contributed by atoms with Gasteiger partial charge in [-0.25, -0.2) is 0 Å². The number of hydrogen-bond donors (Lipinski definition) is 0. The van der Waals surface area contributed by atoms with E-state index >= 15 is 0 Å². The van der Waals surface area contributed by atoms with Crippen LogP contribution in [-0.2, 0) is 6.61 Å². The molecule has 0 aromatic heterocycles. The van der Waals surface area contributed by atoms with Crippen molar-refractivity contribution < 1.29 is 27.4 Å². The number of halogens is 3. The molecule has 124 valence electrons. The molecule has 0 aliphatic carbocycles. The first-order chi connectivity index (χ1) is 10.8. The number of alkyl halides is 3. The molecule has 0 amide bonds. The van der Waals surface area contributed by atoms with Gasteiger partial charge in [0.2, 0.25) is 0 Å². The fourth-order valence-corrected chi connectivity index (χ4v) is 2.02. The minimum atomic E-state index is -4.71. The first-order valence-corrected chi connectivity index (χ1v) is 6.91. The Bertz CT molecular complexity index is 681. The molecule has 0 saturated heterocycles. The highest BCUT2D eigenvalue weighted by molar-refractivity contribution is 5.40. The highest BCUT2D eigenvalue weighted by atomic mass is 19.4. The van der Waals surface area contributed by atoms with Crippen LogP contribution < -0.4 is 14.2 Å². The van der Waals surface area contributed by atoms with Crippen LogP contribution in [-0.4, -0.2) is 13.5 Å². The van der Waals surface area contributed by atoms with E-state index in [2.05, 4.69) is 4.74 Å². The van der Waals surface area contributed by atoms with Crippen LogP contribution in [0.15, 0.2) is 36.4 Å². The number of benzene rings is 2. The van der Waals surface area contributed by atoms with Gasteiger partial charge in [-0.05, 0) is 48.7 Å². The predicted octanol–water partition coefficient (Wildman–Crippen LogP) is 4.79. The van der Waals surface area contributed by atoms with Crippen LogP contribution in [0.2, 0.25) is 0 Å². The maximum atomic E-state index is 12.3. The van der Waals surface area contributed by atoms with Crippen molar-refractivity contribution in [2.24, 2.45) is 0 Å². The van der Waals surface area contributed by atoms with E-state index in [1.165, 1.54) is 12.1 Å². The van der Waals surface area contributed by atoms with Gasteiger partial charge in [-0.1, -0.05) is 12.1 Å². The Labute approximate surface area is 132 Å². The number of aryl methyl sites for hydroxylation is 2. The molecule has 0 bridgehead atoms. The van der Waals surface area contributed by atoms with Gasteiger partial charge in [0.05, 0.1) is 7.11 Å². The van der Waals surface area contributed by atoms with Crippen molar-refractivity contribution in [2.45, 2.75) is 26.8 Å². The van der Waals surface area contributed by atoms with Gasteiger partial charge < -0.3 is 14.2 Å². The molecule has 0 heterocycles. The monoisotopic (exact) mass is 326 g/mol. The summed E-state index contributed by atoms with van der Waals surface area (Å²) in [5, 5.41) is 0. The van der Waals surface area contributed by atoms with Crippen LogP contribution in [0.1, 0.15) is 16.7 Å². The third-order valence-electron chi connectivity index (χ3n) is 3.33. The Kier molecular flexibility index (Phi) is 5.03. The molecule has 2 rings (SSSR count). The van der Waals surface area contributed by atoms with E-state index in [9.17, 15) is 13.2 Å². The summed E-state index contributed by atoms with van der Waals surface area (Å²) < 4.78 is 51.7. The maximum Gasteiger partial charge on any atom is 0.573 e. The zero-order chi connectivity index (χ0) is 17.0. The molecule has 0 unspecified atom stereocenters. The zero-order valence-corrected chi connectivity index (χ0v) is 13.0. The summed E-state index contributed by atoms with van der Waals surface area (Å²) in [6.45, 7) is 3.81. The van der Waals surface area contributed by atoms with Crippen molar-refractivity contribution in [1.82, 2.24) is 0 Å². The highest BCUT2D eigenvalue weighted by Crippen LogP contribution is 2.28. The van der Waals surface area contributed by atoms with Crippen molar-refractivity contribution >= 4 is 0 Å². The average Bonchev–Trinajstić information content (AvgIpc) is 2.47. The lowest BCUT2D eigenvalue weighted by molar-refractivity contribution is -0.274. The quantitative estimate of drug-likeness (QED) is 0.791. The second-order valence-corrected chi connectivity index (χ2v) is 5.06. The molecule has 2 aromatic rings. The minimum absolute atomic E-state index is 0.134. The number of methoxy groups -OCH3 is 1. The van der Waals surface area contributed by atoms with Crippen LogP contribution in [0.5, 0.6) is 17.2 Å². The summed E-state index contributed by atoms with van der Waals surface area (Å²) >= 11 is 0. The molecule has 0 fully saturated rings. The molecule has 0 aliphatic rings. The van der Waals surface area contributed by atoms with Crippen LogP contribution in [0, 0.1) is 13.8 Å². The van der Waals surface area contributed by atoms with Gasteiger partial charge in [-0.3, -0.25) is 0 Å². The van der Waals surface area contributed by atoms with Crippen LogP contribution in [0.4, 0.5) is 13.2 Å². The predicted molar refractivity (Wildman–Crippen MR) is 79.9 cm³/mol. The highest BCUT2D eigenvalue weighted by Gasteiger charge is 2.31. The van der Waals surface area contributed by atoms with Gasteiger partial charge >= 0.3 is 6.36 Å². The van der Waals surface area contributed by atoms with Crippen molar-refractivity contribution in [3.05, 3.63) is 53.1 Å². The van der Waals surface area contributed by atoms with E-state index in [4.69, 9.17) is 9.47 Å². The van der Waals surface area contributed by atoms with Crippen LogP contribution in [0.25, 0.3) is 0 Å². The normalized spacial score (nSPS) is 11.2. The van der Waals surface area contributed by atoms with E-state index in [0.29, 0.717) is 17.1 Å². The molecule has 0 spiro atoms.